The molecule has 0 amide bonds. The van der Waals surface area contributed by atoms with E-state index in [0.717, 1.165) is 0 Å². The highest BCUT2D eigenvalue weighted by atomic mass is 16.7. The predicted octanol–water partition coefficient (Wildman–Crippen LogP) is -2.79. The van der Waals surface area contributed by atoms with Gasteiger partial charge in [0.2, 0.25) is 6.29 Å². The number of hydrogen-bond acceptors (Lipinski definition) is 10. The Bertz CT molecular complexity index is 796. The summed E-state index contributed by atoms with van der Waals surface area (Å²) >= 11 is 0. The third-order valence-corrected chi connectivity index (χ3v) is 7.68. The molecule has 140 valence electrons. The molecule has 6 unspecified atom stereocenters. The molecule has 2 saturated carbocycles. The van der Waals surface area contributed by atoms with Gasteiger partial charge >= 0.3 is 17.9 Å². The molecule has 10 nitrogen and oxygen atoms in total. The van der Waals surface area contributed by atoms with Crippen LogP contribution < -0.4 is 0 Å². The van der Waals surface area contributed by atoms with E-state index in [-0.39, 0.29) is 6.42 Å². The zero-order valence-electron chi connectivity index (χ0n) is 13.5. The summed E-state index contributed by atoms with van der Waals surface area (Å²) in [7, 11) is 0. The average molecular weight is 368 g/mol. The summed E-state index contributed by atoms with van der Waals surface area (Å²) < 4.78 is 21.9. The maximum atomic E-state index is 13.0. The number of fused-ring (bicyclic) bond motifs is 1. The normalized spacial score (nSPS) is 63.9. The number of carbonyl (C=O) groups excluding carboxylic acids is 3. The van der Waals surface area contributed by atoms with Gasteiger partial charge in [-0.3, -0.25) is 4.79 Å². The second-order valence-electron chi connectivity index (χ2n) is 8.19. The molecule has 6 fully saturated rings. The van der Waals surface area contributed by atoms with Gasteiger partial charge in [-0.1, -0.05) is 6.92 Å². The summed E-state index contributed by atoms with van der Waals surface area (Å²) in [6.45, 7) is 1.56. The Morgan fingerprint density at radius 3 is 2.50 bits per heavy atom. The summed E-state index contributed by atoms with van der Waals surface area (Å²) in [5.74, 6) is -4.01. The monoisotopic (exact) mass is 368 g/mol. The lowest BCUT2D eigenvalue weighted by Crippen LogP contribution is -2.61. The van der Waals surface area contributed by atoms with Crippen LogP contribution in [-0.4, -0.2) is 75.6 Å². The zero-order valence-corrected chi connectivity index (χ0v) is 13.5. The van der Waals surface area contributed by atoms with E-state index in [0.29, 0.717) is 0 Å². The minimum Gasteiger partial charge on any atom is -0.459 e. The van der Waals surface area contributed by atoms with Gasteiger partial charge in [-0.15, -0.1) is 0 Å². The van der Waals surface area contributed by atoms with Gasteiger partial charge in [0.25, 0.3) is 0 Å². The van der Waals surface area contributed by atoms with Gasteiger partial charge in [0.05, 0.1) is 28.8 Å². The molecule has 2 spiro atoms. The molecule has 4 aliphatic heterocycles. The van der Waals surface area contributed by atoms with E-state index in [9.17, 15) is 29.7 Å². The maximum Gasteiger partial charge on any atom is 0.340 e. The molecule has 3 N–H and O–H groups in total. The molecule has 0 bridgehead atoms. The summed E-state index contributed by atoms with van der Waals surface area (Å²) in [4.78, 5) is 37.2. The lowest BCUT2D eigenvalue weighted by Gasteiger charge is -2.41. The van der Waals surface area contributed by atoms with Gasteiger partial charge in [-0.05, 0) is 6.42 Å². The maximum absolute atomic E-state index is 13.0. The van der Waals surface area contributed by atoms with Crippen molar-refractivity contribution in [3.05, 3.63) is 0 Å². The molecule has 0 radical (unpaired) electrons. The predicted molar refractivity (Wildman–Crippen MR) is 73.6 cm³/mol. The first-order valence-electron chi connectivity index (χ1n) is 8.59. The van der Waals surface area contributed by atoms with Crippen LogP contribution in [0.25, 0.3) is 0 Å². The first kappa shape index (κ1) is 15.3. The Labute approximate surface area is 145 Å². The van der Waals surface area contributed by atoms with Crippen LogP contribution in [0.4, 0.5) is 0 Å². The molecule has 0 aromatic rings. The van der Waals surface area contributed by atoms with Gasteiger partial charge in [0.15, 0.2) is 11.7 Å². The van der Waals surface area contributed by atoms with Crippen molar-refractivity contribution >= 4 is 17.9 Å². The molecular formula is C16H16O10. The summed E-state index contributed by atoms with van der Waals surface area (Å²) in [6, 6.07) is 0. The molecule has 26 heavy (non-hydrogen) atoms. The Morgan fingerprint density at radius 1 is 1.04 bits per heavy atom. The van der Waals surface area contributed by atoms with Crippen molar-refractivity contribution in [2.75, 3.05) is 0 Å². The van der Waals surface area contributed by atoms with E-state index in [1.54, 1.807) is 6.92 Å². The molecule has 4 heterocycles. The second kappa shape index (κ2) is 3.91. The summed E-state index contributed by atoms with van der Waals surface area (Å²) in [6.07, 6.45) is -8.13. The van der Waals surface area contributed by atoms with Crippen LogP contribution in [-0.2, 0) is 33.3 Å². The van der Waals surface area contributed by atoms with E-state index in [1.807, 2.05) is 0 Å². The van der Waals surface area contributed by atoms with Crippen LogP contribution in [0.5, 0.6) is 0 Å². The number of carbonyl (C=O) groups is 3. The van der Waals surface area contributed by atoms with Gasteiger partial charge in [-0.25, -0.2) is 9.59 Å². The molecule has 11 atom stereocenters. The van der Waals surface area contributed by atoms with Gasteiger partial charge in [-0.2, -0.15) is 0 Å². The lowest BCUT2D eigenvalue weighted by atomic mass is 9.56. The summed E-state index contributed by atoms with van der Waals surface area (Å²) in [5, 5.41) is 32.5. The number of esters is 3. The van der Waals surface area contributed by atoms with Gasteiger partial charge in [0, 0.05) is 0 Å². The first-order chi connectivity index (χ1) is 12.2. The fraction of sp³-hybridized carbons (Fsp3) is 0.812. The van der Waals surface area contributed by atoms with Crippen molar-refractivity contribution in [1.29, 1.82) is 0 Å². The third kappa shape index (κ3) is 1.04. The minimum atomic E-state index is -1.84. The van der Waals surface area contributed by atoms with Crippen molar-refractivity contribution in [3.63, 3.8) is 0 Å². The first-order valence-corrected chi connectivity index (χ1v) is 8.59. The largest absolute Gasteiger partial charge is 0.459 e. The Balaban J connectivity index is 1.68. The lowest BCUT2D eigenvalue weighted by molar-refractivity contribution is -0.204. The smallest absolute Gasteiger partial charge is 0.340 e. The average Bonchev–Trinajstić information content (AvgIpc) is 3.29. The molecular weight excluding hydrogens is 352 g/mol. The van der Waals surface area contributed by atoms with Crippen LogP contribution in [0.3, 0.4) is 0 Å². The highest BCUT2D eigenvalue weighted by Gasteiger charge is 2.99. The molecule has 6 aliphatic rings. The van der Waals surface area contributed by atoms with Crippen LogP contribution in [0.1, 0.15) is 13.3 Å². The molecule has 10 heteroatoms. The third-order valence-electron chi connectivity index (χ3n) is 7.68. The standard InChI is InChI=1S/C16H16O10/c1-3-5-6(23-10(3)20)7(18)15-9-4(17)2-14(15)8(19)11(21)25-13(14)26-16(5,15)12(22)24-9/h3-9,13,17-19H,2H2,1H3/t3-,4+,5-,6?,7-,8-,9?,13?,14?,15?,16?/m0/s1. The highest BCUT2D eigenvalue weighted by Crippen LogP contribution is 2.81. The second-order valence-corrected chi connectivity index (χ2v) is 8.19. The zero-order chi connectivity index (χ0) is 18.4. The molecule has 4 saturated heterocycles. The number of aliphatic hydroxyl groups is 3. The van der Waals surface area contributed by atoms with Gasteiger partial charge in [0.1, 0.15) is 18.3 Å². The number of aliphatic hydroxyl groups excluding tert-OH is 3. The number of ether oxygens (including phenoxy) is 4. The fourth-order valence-electron chi connectivity index (χ4n) is 6.98. The van der Waals surface area contributed by atoms with Crippen molar-refractivity contribution in [2.24, 2.45) is 22.7 Å². The number of hydrogen-bond donors (Lipinski definition) is 3. The van der Waals surface area contributed by atoms with E-state index in [1.165, 1.54) is 0 Å². The molecule has 0 aromatic heterocycles. The topological polar surface area (TPSA) is 149 Å². The molecule has 6 rings (SSSR count). The summed E-state index contributed by atoms with van der Waals surface area (Å²) in [5.41, 5.74) is -5.04. The quantitative estimate of drug-likeness (QED) is 0.303. The Morgan fingerprint density at radius 2 is 1.77 bits per heavy atom. The van der Waals surface area contributed by atoms with E-state index in [2.05, 4.69) is 0 Å². The van der Waals surface area contributed by atoms with Crippen LogP contribution >= 0.6 is 0 Å². The highest BCUT2D eigenvalue weighted by molar-refractivity contribution is 5.92. The van der Waals surface area contributed by atoms with E-state index >= 15 is 0 Å². The van der Waals surface area contributed by atoms with Gasteiger partial charge < -0.3 is 34.3 Å². The van der Waals surface area contributed by atoms with Crippen molar-refractivity contribution < 1.29 is 48.7 Å². The van der Waals surface area contributed by atoms with Crippen molar-refractivity contribution in [2.45, 2.75) is 55.8 Å². The van der Waals surface area contributed by atoms with Crippen molar-refractivity contribution in [3.8, 4) is 0 Å². The van der Waals surface area contributed by atoms with E-state index < -0.39 is 83.0 Å². The van der Waals surface area contributed by atoms with Crippen LogP contribution in [0, 0.1) is 22.7 Å². The Hall–Kier alpha value is -1.75. The SMILES string of the molecule is C[C@@H]1C(=O)OC2[C@H]1C13OC4OC(=O)[C@H](O)C45C[C@@H](O)C(OC1=O)C35[C@H]2O. The fourth-order valence-corrected chi connectivity index (χ4v) is 6.98. The van der Waals surface area contributed by atoms with Crippen LogP contribution in [0.2, 0.25) is 0 Å². The number of rotatable bonds is 0. The van der Waals surface area contributed by atoms with Crippen LogP contribution in [0.15, 0.2) is 0 Å². The van der Waals surface area contributed by atoms with Crippen molar-refractivity contribution in [1.82, 2.24) is 0 Å². The van der Waals surface area contributed by atoms with E-state index in [4.69, 9.17) is 18.9 Å². The Kier molecular flexibility index (Phi) is 2.30. The molecule has 2 aliphatic carbocycles. The molecule has 0 aromatic carbocycles. The minimum absolute atomic E-state index is 0.150.